The predicted molar refractivity (Wildman–Crippen MR) is 96.7 cm³/mol. The van der Waals surface area contributed by atoms with Crippen molar-refractivity contribution in [3.8, 4) is 0 Å². The third-order valence-electron chi connectivity index (χ3n) is 3.23. The highest BCUT2D eigenvalue weighted by atomic mass is 16.1. The molecule has 1 atom stereocenters. The zero-order valence-electron chi connectivity index (χ0n) is 14.6. The first-order valence-corrected chi connectivity index (χ1v) is 8.20. The van der Waals surface area contributed by atoms with Gasteiger partial charge >= 0.3 is 0 Å². The van der Waals surface area contributed by atoms with Gasteiger partial charge in [0.1, 0.15) is 18.4 Å². The van der Waals surface area contributed by atoms with Gasteiger partial charge in [-0.3, -0.25) is 10.2 Å². The number of carbonyl (C=O) groups is 3. The molecule has 0 aromatic carbocycles. The van der Waals surface area contributed by atoms with Crippen LogP contribution >= 0.6 is 0 Å². The highest BCUT2D eigenvalue weighted by Crippen LogP contribution is 2.05. The maximum absolute atomic E-state index is 12.0. The molecule has 0 aliphatic carbocycles. The maximum atomic E-state index is 12.0. The Balaban J connectivity index is 2.28. The van der Waals surface area contributed by atoms with Crippen molar-refractivity contribution in [3.05, 3.63) is 23.9 Å². The Morgan fingerprint density at radius 2 is 2.08 bits per heavy atom. The van der Waals surface area contributed by atoms with E-state index in [0.29, 0.717) is 43.7 Å². The highest BCUT2D eigenvalue weighted by molar-refractivity contribution is 5.94. The third kappa shape index (κ3) is 8.71. The average Bonchev–Trinajstić information content (AvgIpc) is 2.62. The van der Waals surface area contributed by atoms with Gasteiger partial charge in [0, 0.05) is 24.9 Å². The van der Waals surface area contributed by atoms with Crippen LogP contribution in [0.1, 0.15) is 43.5 Å². The Morgan fingerprint density at radius 1 is 1.28 bits per heavy atom. The summed E-state index contributed by atoms with van der Waals surface area (Å²) in [5.41, 5.74) is 4.13. The Kier molecular flexibility index (Phi) is 9.69. The Bertz CT molecular complexity index is 582. The fourth-order valence-electron chi connectivity index (χ4n) is 1.91. The van der Waals surface area contributed by atoms with Gasteiger partial charge in [0.05, 0.1) is 11.6 Å². The molecule has 1 heterocycles. The SMILES string of the molecule is CC(C)=NNc1ccc(C(=O)NCCCNC(C=O)CCC=O)cn1. The Morgan fingerprint density at radius 3 is 2.68 bits per heavy atom. The monoisotopic (exact) mass is 347 g/mol. The molecule has 1 aromatic heterocycles. The van der Waals surface area contributed by atoms with Crippen LogP contribution in [0.5, 0.6) is 0 Å². The second-order valence-corrected chi connectivity index (χ2v) is 5.65. The number of pyridine rings is 1. The van der Waals surface area contributed by atoms with Crippen LogP contribution in [0.2, 0.25) is 0 Å². The minimum atomic E-state index is -0.320. The topological polar surface area (TPSA) is 113 Å². The maximum Gasteiger partial charge on any atom is 0.252 e. The third-order valence-corrected chi connectivity index (χ3v) is 3.23. The number of aldehydes is 2. The van der Waals surface area contributed by atoms with E-state index in [0.717, 1.165) is 18.3 Å². The number of aromatic nitrogens is 1. The van der Waals surface area contributed by atoms with Crippen molar-refractivity contribution >= 4 is 30.0 Å². The molecule has 0 saturated carbocycles. The fourth-order valence-corrected chi connectivity index (χ4v) is 1.91. The van der Waals surface area contributed by atoms with Crippen LogP contribution in [-0.2, 0) is 9.59 Å². The van der Waals surface area contributed by atoms with Gasteiger partial charge in [-0.05, 0) is 45.4 Å². The van der Waals surface area contributed by atoms with Gasteiger partial charge in [0.15, 0.2) is 0 Å². The van der Waals surface area contributed by atoms with E-state index in [2.05, 4.69) is 26.1 Å². The van der Waals surface area contributed by atoms with E-state index in [4.69, 9.17) is 0 Å². The number of carbonyl (C=O) groups excluding carboxylic acids is 3. The van der Waals surface area contributed by atoms with E-state index in [1.54, 1.807) is 12.1 Å². The number of hydrogen-bond donors (Lipinski definition) is 3. The lowest BCUT2D eigenvalue weighted by Gasteiger charge is -2.11. The molecule has 136 valence electrons. The van der Waals surface area contributed by atoms with Crippen LogP contribution < -0.4 is 16.1 Å². The molecule has 25 heavy (non-hydrogen) atoms. The molecule has 0 bridgehead atoms. The summed E-state index contributed by atoms with van der Waals surface area (Å²) in [6.07, 6.45) is 4.60. The summed E-state index contributed by atoms with van der Waals surface area (Å²) < 4.78 is 0. The van der Waals surface area contributed by atoms with Gasteiger partial charge in [0.2, 0.25) is 0 Å². The molecule has 1 amide bonds. The first-order valence-electron chi connectivity index (χ1n) is 8.20. The van der Waals surface area contributed by atoms with Gasteiger partial charge in [-0.15, -0.1) is 0 Å². The van der Waals surface area contributed by atoms with Crippen molar-refractivity contribution in [2.45, 2.75) is 39.2 Å². The number of hydrazone groups is 1. The van der Waals surface area contributed by atoms with E-state index >= 15 is 0 Å². The predicted octanol–water partition coefficient (Wildman–Crippen LogP) is 1.15. The molecule has 0 saturated heterocycles. The minimum absolute atomic E-state index is 0.206. The van der Waals surface area contributed by atoms with Crippen LogP contribution in [0.4, 0.5) is 5.82 Å². The van der Waals surface area contributed by atoms with E-state index in [1.165, 1.54) is 6.20 Å². The number of nitrogens with zero attached hydrogens (tertiary/aromatic N) is 2. The van der Waals surface area contributed by atoms with Crippen molar-refractivity contribution < 1.29 is 14.4 Å². The van der Waals surface area contributed by atoms with Gasteiger partial charge in [0.25, 0.3) is 5.91 Å². The van der Waals surface area contributed by atoms with Crippen molar-refractivity contribution in [1.82, 2.24) is 15.6 Å². The first-order chi connectivity index (χ1) is 12.1. The van der Waals surface area contributed by atoms with Crippen LogP contribution in [0.25, 0.3) is 0 Å². The van der Waals surface area contributed by atoms with Gasteiger partial charge in [-0.1, -0.05) is 0 Å². The summed E-state index contributed by atoms with van der Waals surface area (Å²) in [7, 11) is 0. The summed E-state index contributed by atoms with van der Waals surface area (Å²) in [5, 5.41) is 9.86. The zero-order valence-corrected chi connectivity index (χ0v) is 14.6. The first kappa shape index (κ1) is 20.4. The highest BCUT2D eigenvalue weighted by Gasteiger charge is 2.07. The van der Waals surface area contributed by atoms with Crippen LogP contribution in [0.15, 0.2) is 23.4 Å². The van der Waals surface area contributed by atoms with E-state index in [9.17, 15) is 14.4 Å². The lowest BCUT2D eigenvalue weighted by atomic mass is 10.2. The molecular formula is C17H25N5O3. The molecule has 0 fully saturated rings. The normalized spacial score (nSPS) is 11.3. The van der Waals surface area contributed by atoms with Gasteiger partial charge < -0.3 is 20.2 Å². The van der Waals surface area contributed by atoms with Crippen LogP contribution in [0.3, 0.4) is 0 Å². The molecule has 8 heteroatoms. The summed E-state index contributed by atoms with van der Waals surface area (Å²) in [5.74, 6) is 0.360. The molecule has 1 unspecified atom stereocenters. The second kappa shape index (κ2) is 11.9. The van der Waals surface area contributed by atoms with E-state index < -0.39 is 0 Å². The summed E-state index contributed by atoms with van der Waals surface area (Å²) in [4.78, 5) is 37.2. The number of nitrogens with one attached hydrogen (secondary N) is 3. The molecule has 0 radical (unpaired) electrons. The van der Waals surface area contributed by atoms with Crippen LogP contribution in [0, 0.1) is 0 Å². The van der Waals surface area contributed by atoms with Crippen molar-refractivity contribution in [2.24, 2.45) is 5.10 Å². The molecule has 0 spiro atoms. The molecule has 1 rings (SSSR count). The summed E-state index contributed by atoms with van der Waals surface area (Å²) in [6, 6.07) is 3.04. The Hall–Kier alpha value is -2.61. The van der Waals surface area contributed by atoms with Gasteiger partial charge in [-0.25, -0.2) is 4.98 Å². The number of rotatable bonds is 12. The molecule has 0 aliphatic rings. The molecule has 8 nitrogen and oxygen atoms in total. The summed E-state index contributed by atoms with van der Waals surface area (Å²) in [6.45, 7) is 4.79. The van der Waals surface area contributed by atoms with E-state index in [1.807, 2.05) is 13.8 Å². The fraction of sp³-hybridized carbons (Fsp3) is 0.471. The second-order valence-electron chi connectivity index (χ2n) is 5.65. The zero-order chi connectivity index (χ0) is 18.5. The van der Waals surface area contributed by atoms with Gasteiger partial charge in [-0.2, -0.15) is 5.10 Å². The van der Waals surface area contributed by atoms with E-state index in [-0.39, 0.29) is 11.9 Å². The Labute approximate surface area is 147 Å². The number of hydrogen-bond acceptors (Lipinski definition) is 7. The number of anilines is 1. The largest absolute Gasteiger partial charge is 0.352 e. The smallest absolute Gasteiger partial charge is 0.252 e. The van der Waals surface area contributed by atoms with Crippen molar-refractivity contribution in [2.75, 3.05) is 18.5 Å². The van der Waals surface area contributed by atoms with Crippen LogP contribution in [-0.4, -0.2) is 48.3 Å². The number of amides is 1. The lowest BCUT2D eigenvalue weighted by molar-refractivity contribution is -0.110. The molecule has 1 aromatic rings. The molecule has 0 aliphatic heterocycles. The van der Waals surface area contributed by atoms with Crippen molar-refractivity contribution in [1.29, 1.82) is 0 Å². The summed E-state index contributed by atoms with van der Waals surface area (Å²) >= 11 is 0. The standard InChI is InChI=1S/C17H25N5O3/c1-13(2)21-22-16-7-6-14(11-20-16)17(25)19-9-4-8-18-15(12-24)5-3-10-23/h6-7,10-12,15,18H,3-5,8-9H2,1-2H3,(H,19,25)(H,20,22). The minimum Gasteiger partial charge on any atom is -0.352 e. The lowest BCUT2D eigenvalue weighted by Crippen LogP contribution is -2.33. The quantitative estimate of drug-likeness (QED) is 0.226. The average molecular weight is 347 g/mol. The van der Waals surface area contributed by atoms with Crippen molar-refractivity contribution in [3.63, 3.8) is 0 Å². The molecule has 3 N–H and O–H groups in total. The molecular weight excluding hydrogens is 322 g/mol.